The van der Waals surface area contributed by atoms with E-state index in [9.17, 15) is 9.59 Å². The Morgan fingerprint density at radius 1 is 1.38 bits per heavy atom. The van der Waals surface area contributed by atoms with Gasteiger partial charge in [0.25, 0.3) is 0 Å². The lowest BCUT2D eigenvalue weighted by atomic mass is 9.94. The van der Waals surface area contributed by atoms with Gasteiger partial charge in [-0.15, -0.1) is 0 Å². The summed E-state index contributed by atoms with van der Waals surface area (Å²) in [6.07, 6.45) is 0.879. The van der Waals surface area contributed by atoms with Crippen LogP contribution in [0.25, 0.3) is 0 Å². The maximum Gasteiger partial charge on any atom is 0.318 e. The highest BCUT2D eigenvalue weighted by Gasteiger charge is 2.34. The SMILES string of the molecule is CC(C)CC(CNC(=O)N1CCOCC1(C)C)CC(=O)O. The fourth-order valence-electron chi connectivity index (χ4n) is 2.71. The van der Waals surface area contributed by atoms with Crippen molar-refractivity contribution in [3.8, 4) is 0 Å². The summed E-state index contributed by atoms with van der Waals surface area (Å²) in [5, 5.41) is 11.8. The van der Waals surface area contributed by atoms with Crippen molar-refractivity contribution >= 4 is 12.0 Å². The molecule has 0 radical (unpaired) electrons. The van der Waals surface area contributed by atoms with E-state index in [1.165, 1.54) is 0 Å². The number of rotatable bonds is 6. The van der Waals surface area contributed by atoms with Crippen molar-refractivity contribution < 1.29 is 19.4 Å². The maximum atomic E-state index is 12.3. The van der Waals surface area contributed by atoms with Crippen molar-refractivity contribution in [2.24, 2.45) is 11.8 Å². The minimum absolute atomic E-state index is 0.0318. The molecular weight excluding hydrogens is 272 g/mol. The molecule has 1 fully saturated rings. The lowest BCUT2D eigenvalue weighted by Gasteiger charge is -2.42. The molecule has 0 saturated carbocycles. The van der Waals surface area contributed by atoms with Crippen LogP contribution in [0.3, 0.4) is 0 Å². The number of nitrogens with one attached hydrogen (secondary N) is 1. The van der Waals surface area contributed by atoms with Gasteiger partial charge in [-0.2, -0.15) is 0 Å². The Kier molecular flexibility index (Phi) is 6.45. The van der Waals surface area contributed by atoms with E-state index >= 15 is 0 Å². The maximum absolute atomic E-state index is 12.3. The van der Waals surface area contributed by atoms with E-state index in [0.29, 0.717) is 32.2 Å². The first kappa shape index (κ1) is 17.8. The molecule has 6 heteroatoms. The Labute approximate surface area is 126 Å². The number of morpholine rings is 1. The van der Waals surface area contributed by atoms with Gasteiger partial charge < -0.3 is 20.1 Å². The molecule has 0 aliphatic carbocycles. The number of urea groups is 1. The zero-order valence-electron chi connectivity index (χ0n) is 13.5. The summed E-state index contributed by atoms with van der Waals surface area (Å²) in [5.41, 5.74) is -0.331. The molecule has 2 N–H and O–H groups in total. The average Bonchev–Trinajstić information content (AvgIpc) is 2.33. The molecule has 0 aromatic carbocycles. The second-order valence-corrected chi connectivity index (χ2v) is 6.80. The van der Waals surface area contributed by atoms with Crippen molar-refractivity contribution in [1.29, 1.82) is 0 Å². The van der Waals surface area contributed by atoms with E-state index in [4.69, 9.17) is 9.84 Å². The lowest BCUT2D eigenvalue weighted by molar-refractivity contribution is -0.138. The number of amides is 2. The third-order valence-corrected chi connectivity index (χ3v) is 3.70. The van der Waals surface area contributed by atoms with Crippen molar-refractivity contribution in [3.63, 3.8) is 0 Å². The van der Waals surface area contributed by atoms with Crippen LogP contribution in [0.15, 0.2) is 0 Å². The lowest BCUT2D eigenvalue weighted by Crippen LogP contribution is -2.58. The zero-order valence-corrected chi connectivity index (χ0v) is 13.5. The molecule has 1 aliphatic heterocycles. The van der Waals surface area contributed by atoms with Crippen LogP contribution in [-0.4, -0.2) is 53.8 Å². The summed E-state index contributed by atoms with van der Waals surface area (Å²) in [6, 6.07) is -0.137. The van der Waals surface area contributed by atoms with Crippen LogP contribution in [0, 0.1) is 11.8 Å². The van der Waals surface area contributed by atoms with E-state index in [1.807, 2.05) is 13.8 Å². The molecule has 6 nitrogen and oxygen atoms in total. The van der Waals surface area contributed by atoms with E-state index in [1.54, 1.807) is 4.90 Å². The van der Waals surface area contributed by atoms with Gasteiger partial charge in [0, 0.05) is 19.5 Å². The molecule has 1 unspecified atom stereocenters. The Hall–Kier alpha value is -1.30. The van der Waals surface area contributed by atoms with Crippen molar-refractivity contribution in [3.05, 3.63) is 0 Å². The highest BCUT2D eigenvalue weighted by atomic mass is 16.5. The summed E-state index contributed by atoms with van der Waals surface area (Å²) < 4.78 is 5.40. The highest BCUT2D eigenvalue weighted by Crippen LogP contribution is 2.19. The normalized spacial score (nSPS) is 19.4. The molecule has 122 valence electrons. The average molecular weight is 300 g/mol. The van der Waals surface area contributed by atoms with Gasteiger partial charge in [-0.25, -0.2) is 4.79 Å². The standard InChI is InChI=1S/C15H28N2O4/c1-11(2)7-12(8-13(18)19)9-16-14(20)17-5-6-21-10-15(17,3)4/h11-12H,5-10H2,1-4H3,(H,16,20)(H,18,19). The van der Waals surface area contributed by atoms with Gasteiger partial charge in [-0.3, -0.25) is 4.79 Å². The molecular formula is C15H28N2O4. The van der Waals surface area contributed by atoms with Gasteiger partial charge in [0.15, 0.2) is 0 Å². The predicted molar refractivity (Wildman–Crippen MR) is 80.2 cm³/mol. The van der Waals surface area contributed by atoms with Crippen LogP contribution in [0.5, 0.6) is 0 Å². The number of carbonyl (C=O) groups excluding carboxylic acids is 1. The molecule has 21 heavy (non-hydrogen) atoms. The number of carboxylic acid groups (broad SMARTS) is 1. The largest absolute Gasteiger partial charge is 0.481 e. The number of hydrogen-bond donors (Lipinski definition) is 2. The van der Waals surface area contributed by atoms with E-state index < -0.39 is 5.97 Å². The molecule has 1 rings (SSSR count). The fourth-order valence-corrected chi connectivity index (χ4v) is 2.71. The first-order valence-corrected chi connectivity index (χ1v) is 7.57. The Morgan fingerprint density at radius 2 is 2.05 bits per heavy atom. The second kappa shape index (κ2) is 7.64. The number of nitrogens with zero attached hydrogens (tertiary/aromatic N) is 1. The number of hydrogen-bond acceptors (Lipinski definition) is 3. The van der Waals surface area contributed by atoms with Crippen LogP contribution in [0.1, 0.15) is 40.5 Å². The molecule has 1 heterocycles. The van der Waals surface area contributed by atoms with Gasteiger partial charge in [0.05, 0.1) is 18.8 Å². The minimum atomic E-state index is -0.818. The molecule has 2 amide bonds. The van der Waals surface area contributed by atoms with Crippen LogP contribution in [-0.2, 0) is 9.53 Å². The number of carboxylic acids is 1. The van der Waals surface area contributed by atoms with Crippen molar-refractivity contribution in [1.82, 2.24) is 10.2 Å². The van der Waals surface area contributed by atoms with Crippen LogP contribution in [0.2, 0.25) is 0 Å². The first-order valence-electron chi connectivity index (χ1n) is 7.57. The summed E-state index contributed by atoms with van der Waals surface area (Å²) >= 11 is 0. The fraction of sp³-hybridized carbons (Fsp3) is 0.867. The zero-order chi connectivity index (χ0) is 16.0. The van der Waals surface area contributed by atoms with E-state index in [2.05, 4.69) is 19.2 Å². The Bertz CT molecular complexity index is 369. The summed E-state index contributed by atoms with van der Waals surface area (Å²) in [7, 11) is 0. The van der Waals surface area contributed by atoms with Crippen molar-refractivity contribution in [2.45, 2.75) is 46.1 Å². The molecule has 0 aromatic heterocycles. The first-order chi connectivity index (χ1) is 9.72. The Morgan fingerprint density at radius 3 is 2.57 bits per heavy atom. The van der Waals surface area contributed by atoms with Crippen LogP contribution < -0.4 is 5.32 Å². The molecule has 0 bridgehead atoms. The molecule has 0 spiro atoms. The van der Waals surface area contributed by atoms with Crippen molar-refractivity contribution in [2.75, 3.05) is 26.3 Å². The molecule has 0 aromatic rings. The smallest absolute Gasteiger partial charge is 0.318 e. The Balaban J connectivity index is 2.53. The van der Waals surface area contributed by atoms with Gasteiger partial charge in [-0.05, 0) is 32.1 Å². The third kappa shape index (κ3) is 5.91. The highest BCUT2D eigenvalue weighted by molar-refractivity contribution is 5.75. The van der Waals surface area contributed by atoms with E-state index in [-0.39, 0.29) is 23.9 Å². The quantitative estimate of drug-likeness (QED) is 0.786. The minimum Gasteiger partial charge on any atom is -0.481 e. The number of aliphatic carboxylic acids is 1. The second-order valence-electron chi connectivity index (χ2n) is 6.80. The third-order valence-electron chi connectivity index (χ3n) is 3.70. The number of carbonyl (C=O) groups is 2. The number of ether oxygens (including phenoxy) is 1. The van der Waals surface area contributed by atoms with Crippen LogP contribution in [0.4, 0.5) is 4.79 Å². The predicted octanol–water partition coefficient (Wildman–Crippen LogP) is 1.94. The molecule has 1 saturated heterocycles. The van der Waals surface area contributed by atoms with E-state index in [0.717, 1.165) is 6.42 Å². The monoisotopic (exact) mass is 300 g/mol. The van der Waals surface area contributed by atoms with Gasteiger partial charge in [-0.1, -0.05) is 13.8 Å². The van der Waals surface area contributed by atoms with Gasteiger partial charge in [0.1, 0.15) is 0 Å². The molecule has 1 atom stereocenters. The van der Waals surface area contributed by atoms with Gasteiger partial charge in [0.2, 0.25) is 0 Å². The summed E-state index contributed by atoms with van der Waals surface area (Å²) in [6.45, 7) is 10.1. The molecule has 1 aliphatic rings. The topological polar surface area (TPSA) is 78.9 Å². The summed E-state index contributed by atoms with van der Waals surface area (Å²) in [5.74, 6) is -0.441. The van der Waals surface area contributed by atoms with Gasteiger partial charge >= 0.3 is 12.0 Å². The summed E-state index contributed by atoms with van der Waals surface area (Å²) in [4.78, 5) is 25.0. The van der Waals surface area contributed by atoms with Crippen LogP contribution >= 0.6 is 0 Å².